The van der Waals surface area contributed by atoms with Crippen molar-refractivity contribution in [2.45, 2.75) is 42.4 Å². The standard InChI is InChI=1S/C11H15NO4S2/c1-11(6-2-3-7-11)12-18(15,16)9-5-4-8(17-9)10(13)14/h4-5,12H,2-3,6-7H2,1H3,(H,13,14). The summed E-state index contributed by atoms with van der Waals surface area (Å²) in [6.07, 6.45) is 3.68. The van der Waals surface area contributed by atoms with Gasteiger partial charge in [-0.1, -0.05) is 12.8 Å². The summed E-state index contributed by atoms with van der Waals surface area (Å²) in [6, 6.07) is 2.66. The molecule has 0 aliphatic heterocycles. The second kappa shape index (κ2) is 4.64. The molecule has 0 spiro atoms. The molecule has 1 aliphatic rings. The molecule has 0 aromatic carbocycles. The van der Waals surface area contributed by atoms with Gasteiger partial charge in [0.25, 0.3) is 10.0 Å². The summed E-state index contributed by atoms with van der Waals surface area (Å²) in [7, 11) is -3.61. The van der Waals surface area contributed by atoms with Gasteiger partial charge in [-0.2, -0.15) is 0 Å². The fourth-order valence-corrected chi connectivity index (χ4v) is 4.82. The molecule has 0 radical (unpaired) electrons. The number of hydrogen-bond donors (Lipinski definition) is 2. The minimum atomic E-state index is -3.61. The third-order valence-electron chi connectivity index (χ3n) is 3.14. The Bertz CT molecular complexity index is 555. The summed E-state index contributed by atoms with van der Waals surface area (Å²) < 4.78 is 27.0. The number of carbonyl (C=O) groups is 1. The number of thiophene rings is 1. The van der Waals surface area contributed by atoms with Crippen molar-refractivity contribution in [2.24, 2.45) is 0 Å². The third kappa shape index (κ3) is 2.73. The Balaban J connectivity index is 2.22. The molecule has 18 heavy (non-hydrogen) atoms. The Hall–Kier alpha value is -0.920. The first-order chi connectivity index (χ1) is 8.32. The van der Waals surface area contributed by atoms with E-state index in [1.54, 1.807) is 0 Å². The van der Waals surface area contributed by atoms with Crippen molar-refractivity contribution in [2.75, 3.05) is 0 Å². The van der Waals surface area contributed by atoms with E-state index in [0.717, 1.165) is 37.0 Å². The molecule has 0 saturated heterocycles. The predicted molar refractivity (Wildman–Crippen MR) is 68.5 cm³/mol. The van der Waals surface area contributed by atoms with Gasteiger partial charge >= 0.3 is 5.97 Å². The molecule has 2 N–H and O–H groups in total. The maximum absolute atomic E-state index is 12.1. The third-order valence-corrected chi connectivity index (χ3v) is 6.35. The molecule has 2 rings (SSSR count). The van der Waals surface area contributed by atoms with Gasteiger partial charge in [0.05, 0.1) is 0 Å². The molecule has 7 heteroatoms. The van der Waals surface area contributed by atoms with Crippen LogP contribution in [-0.2, 0) is 10.0 Å². The van der Waals surface area contributed by atoms with Crippen LogP contribution < -0.4 is 4.72 Å². The second-order valence-electron chi connectivity index (χ2n) is 4.80. The SMILES string of the molecule is CC1(NS(=O)(=O)c2ccc(C(=O)O)s2)CCCC1. The Morgan fingerprint density at radius 3 is 2.50 bits per heavy atom. The highest BCUT2D eigenvalue weighted by Crippen LogP contribution is 2.31. The van der Waals surface area contributed by atoms with Crippen LogP contribution >= 0.6 is 11.3 Å². The van der Waals surface area contributed by atoms with E-state index in [1.807, 2.05) is 6.92 Å². The average Bonchev–Trinajstić information content (AvgIpc) is 2.85. The lowest BCUT2D eigenvalue weighted by Crippen LogP contribution is -2.43. The largest absolute Gasteiger partial charge is 0.477 e. The summed E-state index contributed by atoms with van der Waals surface area (Å²) in [4.78, 5) is 10.8. The average molecular weight is 289 g/mol. The highest BCUT2D eigenvalue weighted by molar-refractivity contribution is 7.91. The van der Waals surface area contributed by atoms with Crippen molar-refractivity contribution in [3.05, 3.63) is 17.0 Å². The van der Waals surface area contributed by atoms with Gasteiger partial charge in [-0.05, 0) is 31.9 Å². The van der Waals surface area contributed by atoms with Crippen LogP contribution in [0.3, 0.4) is 0 Å². The zero-order chi connectivity index (χ0) is 13.4. The summed E-state index contributed by atoms with van der Waals surface area (Å²) in [5.74, 6) is -1.10. The Kier molecular flexibility index (Phi) is 3.48. The van der Waals surface area contributed by atoms with Crippen molar-refractivity contribution in [1.82, 2.24) is 4.72 Å². The topological polar surface area (TPSA) is 83.5 Å². The number of aromatic carboxylic acids is 1. The second-order valence-corrected chi connectivity index (χ2v) is 7.79. The predicted octanol–water partition coefficient (Wildman–Crippen LogP) is 2.06. The molecule has 100 valence electrons. The number of carboxylic acid groups (broad SMARTS) is 1. The lowest BCUT2D eigenvalue weighted by atomic mass is 10.0. The molecule has 1 aromatic heterocycles. The Morgan fingerprint density at radius 1 is 1.39 bits per heavy atom. The van der Waals surface area contributed by atoms with E-state index in [2.05, 4.69) is 4.72 Å². The molecule has 0 amide bonds. The van der Waals surface area contributed by atoms with Gasteiger partial charge in [0, 0.05) is 5.54 Å². The first-order valence-corrected chi connectivity index (χ1v) is 8.00. The Labute approximate surface area is 110 Å². The van der Waals surface area contributed by atoms with E-state index in [0.29, 0.717) is 0 Å². The normalized spacial score (nSPS) is 18.9. The van der Waals surface area contributed by atoms with Gasteiger partial charge < -0.3 is 5.11 Å². The summed E-state index contributed by atoms with van der Waals surface area (Å²) in [6.45, 7) is 1.89. The molecule has 1 fully saturated rings. The van der Waals surface area contributed by atoms with Gasteiger partial charge in [-0.25, -0.2) is 17.9 Å². The number of hydrogen-bond acceptors (Lipinski definition) is 4. The summed E-state index contributed by atoms with van der Waals surface area (Å²) in [5.41, 5.74) is -0.397. The summed E-state index contributed by atoms with van der Waals surface area (Å²) in [5, 5.41) is 8.79. The van der Waals surface area contributed by atoms with Gasteiger partial charge in [0.1, 0.15) is 9.09 Å². The van der Waals surface area contributed by atoms with Crippen LogP contribution in [0.2, 0.25) is 0 Å². The maximum atomic E-state index is 12.1. The number of sulfonamides is 1. The number of rotatable bonds is 4. The van der Waals surface area contributed by atoms with Crippen LogP contribution in [0.25, 0.3) is 0 Å². The van der Waals surface area contributed by atoms with Crippen LogP contribution in [0.5, 0.6) is 0 Å². The zero-order valence-electron chi connectivity index (χ0n) is 9.97. The summed E-state index contributed by atoms with van der Waals surface area (Å²) >= 11 is 0.780. The van der Waals surface area contributed by atoms with Crippen LogP contribution in [0.1, 0.15) is 42.3 Å². The first kappa shape index (κ1) is 13.5. The fraction of sp³-hybridized carbons (Fsp3) is 0.545. The molecule has 1 saturated carbocycles. The van der Waals surface area contributed by atoms with E-state index >= 15 is 0 Å². The maximum Gasteiger partial charge on any atom is 0.345 e. The van der Waals surface area contributed by atoms with E-state index in [9.17, 15) is 13.2 Å². The highest BCUT2D eigenvalue weighted by atomic mass is 32.2. The molecular weight excluding hydrogens is 274 g/mol. The van der Waals surface area contributed by atoms with Gasteiger partial charge in [-0.3, -0.25) is 0 Å². The van der Waals surface area contributed by atoms with Crippen LogP contribution in [0, 0.1) is 0 Å². The van der Waals surface area contributed by atoms with Gasteiger partial charge in [0.15, 0.2) is 0 Å². The lowest BCUT2D eigenvalue weighted by molar-refractivity contribution is 0.0702. The smallest absolute Gasteiger partial charge is 0.345 e. The molecule has 1 aromatic rings. The van der Waals surface area contributed by atoms with Crippen molar-refractivity contribution < 1.29 is 18.3 Å². The molecule has 1 aliphatic carbocycles. The monoisotopic (exact) mass is 289 g/mol. The van der Waals surface area contributed by atoms with E-state index in [1.165, 1.54) is 12.1 Å². The lowest BCUT2D eigenvalue weighted by Gasteiger charge is -2.24. The van der Waals surface area contributed by atoms with E-state index in [4.69, 9.17) is 5.11 Å². The number of carboxylic acids is 1. The van der Waals surface area contributed by atoms with E-state index in [-0.39, 0.29) is 9.09 Å². The van der Waals surface area contributed by atoms with Gasteiger partial charge in [0.2, 0.25) is 0 Å². The molecule has 5 nitrogen and oxygen atoms in total. The van der Waals surface area contributed by atoms with Crippen molar-refractivity contribution in [1.29, 1.82) is 0 Å². The molecule has 0 unspecified atom stereocenters. The molecule has 0 atom stereocenters. The minimum absolute atomic E-state index is 0.0342. The quantitative estimate of drug-likeness (QED) is 0.888. The van der Waals surface area contributed by atoms with Crippen LogP contribution in [0.4, 0.5) is 0 Å². The zero-order valence-corrected chi connectivity index (χ0v) is 11.6. The van der Waals surface area contributed by atoms with Gasteiger partial charge in [-0.15, -0.1) is 11.3 Å². The highest BCUT2D eigenvalue weighted by Gasteiger charge is 2.34. The minimum Gasteiger partial charge on any atom is -0.477 e. The fourth-order valence-electron chi connectivity index (χ4n) is 2.21. The van der Waals surface area contributed by atoms with Crippen molar-refractivity contribution in [3.8, 4) is 0 Å². The Morgan fingerprint density at radius 2 is 2.00 bits per heavy atom. The van der Waals surface area contributed by atoms with Crippen molar-refractivity contribution >= 4 is 27.3 Å². The molecule has 1 heterocycles. The van der Waals surface area contributed by atoms with Crippen molar-refractivity contribution in [3.63, 3.8) is 0 Å². The molecule has 0 bridgehead atoms. The van der Waals surface area contributed by atoms with E-state index < -0.39 is 21.5 Å². The first-order valence-electron chi connectivity index (χ1n) is 5.70. The molecular formula is C11H15NO4S2. The number of nitrogens with one attached hydrogen (secondary N) is 1. The van der Waals surface area contributed by atoms with Crippen LogP contribution in [-0.4, -0.2) is 25.0 Å². The van der Waals surface area contributed by atoms with Crippen LogP contribution in [0.15, 0.2) is 16.3 Å².